The summed E-state index contributed by atoms with van der Waals surface area (Å²) >= 11 is 0. The summed E-state index contributed by atoms with van der Waals surface area (Å²) in [5.41, 5.74) is 5.73. The van der Waals surface area contributed by atoms with Crippen LogP contribution in [0.5, 0.6) is 0 Å². The van der Waals surface area contributed by atoms with Crippen molar-refractivity contribution < 1.29 is 24.0 Å². The molecule has 1 aromatic carbocycles. The highest BCUT2D eigenvalue weighted by atomic mass is 16.2. The number of hydrogen-bond donors (Lipinski definition) is 3. The van der Waals surface area contributed by atoms with Crippen molar-refractivity contribution in [2.45, 2.75) is 51.2 Å². The zero-order chi connectivity index (χ0) is 36.8. The lowest BCUT2D eigenvalue weighted by atomic mass is 10.0. The number of anilines is 2. The monoisotopic (exact) mass is 717 g/mol. The van der Waals surface area contributed by atoms with Crippen LogP contribution < -0.4 is 26.0 Å². The number of aryl methyl sites for hydroxylation is 1. The summed E-state index contributed by atoms with van der Waals surface area (Å²) in [6.45, 7) is 7.14. The van der Waals surface area contributed by atoms with Crippen LogP contribution in [-0.4, -0.2) is 106 Å². The molecule has 3 fully saturated rings. The molecule has 15 nitrogen and oxygen atoms in total. The molecule has 5 amide bonds. The second kappa shape index (κ2) is 13.9. The van der Waals surface area contributed by atoms with Crippen LogP contribution in [0.25, 0.3) is 11.0 Å². The molecule has 0 bridgehead atoms. The molecule has 4 aromatic rings. The first-order chi connectivity index (χ1) is 25.6. The van der Waals surface area contributed by atoms with Gasteiger partial charge >= 0.3 is 0 Å². The Balaban J connectivity index is 0.830. The summed E-state index contributed by atoms with van der Waals surface area (Å²) < 4.78 is 0. The quantitative estimate of drug-likeness (QED) is 0.226. The first-order valence-electron chi connectivity index (χ1n) is 18.0. The van der Waals surface area contributed by atoms with Crippen LogP contribution in [0.1, 0.15) is 68.5 Å². The highest BCUT2D eigenvalue weighted by molar-refractivity contribution is 6.23. The van der Waals surface area contributed by atoms with E-state index >= 15 is 0 Å². The molecule has 2 atom stereocenters. The molecule has 3 N–H and O–H groups in total. The predicted molar refractivity (Wildman–Crippen MR) is 195 cm³/mol. The van der Waals surface area contributed by atoms with E-state index in [1.807, 2.05) is 36.2 Å². The molecule has 8 rings (SSSR count). The predicted octanol–water partition coefficient (Wildman–Crippen LogP) is 1.61. The van der Waals surface area contributed by atoms with Crippen LogP contribution in [0.3, 0.4) is 0 Å². The standard InChI is InChI=1S/C38H39N9O6/c1-2-23-16-30-31(42-34(23)49)15-22(18-39-30)20-44-11-13-45(14-12-44)26-4-6-29(40-19-26)35(50)41-24-9-10-46(21-24)25-3-5-27-28(17-25)38(53)47(37(27)52)32-7-8-33(48)43-36(32)51/h3-6,15-19,24,32H,2,7-14,20-21H2,1H3,(H,41,50)(H,42,49)(H,43,48,51)/t24-,32?/m1/s1. The van der Waals surface area contributed by atoms with Crippen molar-refractivity contribution >= 4 is 51.9 Å². The summed E-state index contributed by atoms with van der Waals surface area (Å²) in [6.07, 6.45) is 5.13. The van der Waals surface area contributed by atoms with Gasteiger partial charge < -0.3 is 20.1 Å². The molecule has 3 saturated heterocycles. The van der Waals surface area contributed by atoms with E-state index in [0.717, 1.165) is 71.2 Å². The summed E-state index contributed by atoms with van der Waals surface area (Å²) in [6, 6.07) is 11.4. The number of nitrogens with one attached hydrogen (secondary N) is 3. The minimum Gasteiger partial charge on any atom is -0.369 e. The fraction of sp³-hybridized carbons (Fsp3) is 0.368. The topological polar surface area (TPSA) is 181 Å². The highest BCUT2D eigenvalue weighted by Crippen LogP contribution is 2.32. The maximum atomic E-state index is 13.3. The first-order valence-corrected chi connectivity index (χ1v) is 18.0. The number of aromatic nitrogens is 3. The lowest BCUT2D eigenvalue weighted by Crippen LogP contribution is -2.54. The van der Waals surface area contributed by atoms with Crippen molar-refractivity contribution in [2.75, 3.05) is 49.1 Å². The van der Waals surface area contributed by atoms with Crippen LogP contribution in [0.15, 0.2) is 59.7 Å². The van der Waals surface area contributed by atoms with Gasteiger partial charge in [0.15, 0.2) is 0 Å². The molecule has 4 aliphatic rings. The van der Waals surface area contributed by atoms with Crippen LogP contribution in [0.4, 0.5) is 11.4 Å². The van der Waals surface area contributed by atoms with Gasteiger partial charge in [0.2, 0.25) is 11.8 Å². The number of pyridine rings is 3. The number of carbonyl (C=O) groups excluding carboxylic acids is 5. The number of carbonyl (C=O) groups is 5. The van der Waals surface area contributed by atoms with Gasteiger partial charge in [0.05, 0.1) is 34.0 Å². The van der Waals surface area contributed by atoms with Crippen LogP contribution in [-0.2, 0) is 22.6 Å². The number of piperazine rings is 1. The molecule has 15 heteroatoms. The van der Waals surface area contributed by atoms with Crippen molar-refractivity contribution in [3.05, 3.63) is 93.2 Å². The first kappa shape index (κ1) is 34.1. The van der Waals surface area contributed by atoms with Crippen molar-refractivity contribution in [2.24, 2.45) is 0 Å². The number of amides is 5. The third-order valence-electron chi connectivity index (χ3n) is 10.6. The van der Waals surface area contributed by atoms with Crippen LogP contribution >= 0.6 is 0 Å². The molecule has 1 unspecified atom stereocenters. The fourth-order valence-electron chi connectivity index (χ4n) is 7.67. The second-order valence-electron chi connectivity index (χ2n) is 14.0. The van der Waals surface area contributed by atoms with Crippen LogP contribution in [0.2, 0.25) is 0 Å². The Bertz CT molecular complexity index is 2210. The number of imide groups is 2. The van der Waals surface area contributed by atoms with Gasteiger partial charge in [-0.1, -0.05) is 6.92 Å². The number of H-pyrrole nitrogens is 1. The van der Waals surface area contributed by atoms with Crippen molar-refractivity contribution in [3.8, 4) is 0 Å². The molecule has 0 spiro atoms. The van der Waals surface area contributed by atoms with E-state index in [0.29, 0.717) is 31.6 Å². The maximum absolute atomic E-state index is 13.3. The highest BCUT2D eigenvalue weighted by Gasteiger charge is 2.45. The average Bonchev–Trinajstić information content (AvgIpc) is 3.73. The van der Waals surface area contributed by atoms with Crippen molar-refractivity contribution in [1.82, 2.24) is 35.4 Å². The molecular weight excluding hydrogens is 678 g/mol. The van der Waals surface area contributed by atoms with Gasteiger partial charge in [-0.05, 0) is 67.3 Å². The van der Waals surface area contributed by atoms with Gasteiger partial charge in [-0.3, -0.25) is 48.9 Å². The second-order valence-corrected chi connectivity index (χ2v) is 14.0. The lowest BCUT2D eigenvalue weighted by Gasteiger charge is -2.36. The number of rotatable bonds is 8. The molecule has 0 aliphatic carbocycles. The SMILES string of the molecule is CCc1cc2ncc(CN3CCN(c4ccc(C(=O)N[C@@H]5CCN(c6ccc7c(c6)C(=O)N(C6CCC(=O)NC6=O)C7=O)C5)nc4)CC3)cc2[nH]c1=O. The van der Waals surface area contributed by atoms with Gasteiger partial charge in [-0.2, -0.15) is 0 Å². The summed E-state index contributed by atoms with van der Waals surface area (Å²) in [4.78, 5) is 95.4. The number of benzene rings is 1. The Morgan fingerprint density at radius 3 is 2.40 bits per heavy atom. The molecule has 4 aliphatic heterocycles. The average molecular weight is 718 g/mol. The largest absolute Gasteiger partial charge is 0.369 e. The van der Waals surface area contributed by atoms with Gasteiger partial charge in [-0.25, -0.2) is 4.98 Å². The van der Waals surface area contributed by atoms with E-state index < -0.39 is 29.7 Å². The molecular formula is C38H39N9O6. The normalized spacial score (nSPS) is 20.7. The minimum atomic E-state index is -1.02. The Kier molecular flexibility index (Phi) is 8.94. The van der Waals surface area contributed by atoms with E-state index in [-0.39, 0.29) is 41.5 Å². The Morgan fingerprint density at radius 2 is 1.64 bits per heavy atom. The zero-order valence-corrected chi connectivity index (χ0v) is 29.3. The Labute approximate surface area is 304 Å². The molecule has 272 valence electrons. The Hall–Kier alpha value is -5.96. The van der Waals surface area contributed by atoms with Crippen LogP contribution in [0, 0.1) is 0 Å². The smallest absolute Gasteiger partial charge is 0.270 e. The maximum Gasteiger partial charge on any atom is 0.270 e. The van der Waals surface area contributed by atoms with Crippen molar-refractivity contribution in [1.29, 1.82) is 0 Å². The summed E-state index contributed by atoms with van der Waals surface area (Å²) in [5.74, 6) is -2.42. The molecule has 0 radical (unpaired) electrons. The van der Waals surface area contributed by atoms with E-state index in [2.05, 4.69) is 35.4 Å². The Morgan fingerprint density at radius 1 is 0.849 bits per heavy atom. The molecule has 0 saturated carbocycles. The molecule has 3 aromatic heterocycles. The van der Waals surface area contributed by atoms with Gasteiger partial charge in [0, 0.05) is 75.7 Å². The molecule has 7 heterocycles. The summed E-state index contributed by atoms with van der Waals surface area (Å²) in [7, 11) is 0. The number of nitrogens with zero attached hydrogens (tertiary/aromatic N) is 6. The lowest BCUT2D eigenvalue weighted by molar-refractivity contribution is -0.136. The van der Waals surface area contributed by atoms with Gasteiger partial charge in [0.25, 0.3) is 23.3 Å². The summed E-state index contributed by atoms with van der Waals surface area (Å²) in [5, 5.41) is 5.29. The van der Waals surface area contributed by atoms with Crippen molar-refractivity contribution in [3.63, 3.8) is 0 Å². The van der Waals surface area contributed by atoms with E-state index in [4.69, 9.17) is 0 Å². The third kappa shape index (κ3) is 6.63. The number of piperidine rings is 1. The fourth-order valence-corrected chi connectivity index (χ4v) is 7.67. The number of aromatic amines is 1. The van der Waals surface area contributed by atoms with E-state index in [9.17, 15) is 28.8 Å². The minimum absolute atomic E-state index is 0.0612. The molecule has 53 heavy (non-hydrogen) atoms. The number of hydrogen-bond acceptors (Lipinski definition) is 11. The number of fused-ring (bicyclic) bond motifs is 2. The van der Waals surface area contributed by atoms with Gasteiger partial charge in [-0.15, -0.1) is 0 Å². The zero-order valence-electron chi connectivity index (χ0n) is 29.3. The third-order valence-corrected chi connectivity index (χ3v) is 10.6. The van der Waals surface area contributed by atoms with E-state index in [1.54, 1.807) is 30.5 Å². The van der Waals surface area contributed by atoms with E-state index in [1.165, 1.54) is 0 Å². The van der Waals surface area contributed by atoms with Gasteiger partial charge in [0.1, 0.15) is 11.7 Å².